The van der Waals surface area contributed by atoms with Crippen LogP contribution in [0.15, 0.2) is 40.9 Å². The summed E-state index contributed by atoms with van der Waals surface area (Å²) in [6.45, 7) is 1.80. The van der Waals surface area contributed by atoms with Gasteiger partial charge in [0.25, 0.3) is 0 Å². The van der Waals surface area contributed by atoms with Crippen molar-refractivity contribution < 1.29 is 9.50 Å². The second-order valence-corrected chi connectivity index (χ2v) is 5.26. The minimum Gasteiger partial charge on any atom is -0.384 e. The van der Waals surface area contributed by atoms with E-state index in [4.69, 9.17) is 11.6 Å². The second-order valence-electron chi connectivity index (χ2n) is 4.00. The van der Waals surface area contributed by atoms with E-state index in [0.717, 1.165) is 5.56 Å². The van der Waals surface area contributed by atoms with Crippen LogP contribution in [0, 0.1) is 12.7 Å². The molecule has 0 heterocycles. The van der Waals surface area contributed by atoms with Crippen molar-refractivity contribution in [1.82, 2.24) is 0 Å². The molecule has 0 spiro atoms. The summed E-state index contributed by atoms with van der Waals surface area (Å²) >= 11 is 9.11. The molecule has 1 atom stereocenters. The van der Waals surface area contributed by atoms with Crippen molar-refractivity contribution in [2.24, 2.45) is 0 Å². The Hall–Kier alpha value is -0.900. The third kappa shape index (κ3) is 2.44. The van der Waals surface area contributed by atoms with Crippen LogP contribution in [-0.4, -0.2) is 5.11 Å². The largest absolute Gasteiger partial charge is 0.384 e. The zero-order valence-electron chi connectivity index (χ0n) is 9.62. The summed E-state index contributed by atoms with van der Waals surface area (Å²) in [7, 11) is 0. The molecular formula is C14H11BrClFO. The first-order valence-electron chi connectivity index (χ1n) is 5.39. The van der Waals surface area contributed by atoms with Crippen LogP contribution in [0.25, 0.3) is 0 Å². The quantitative estimate of drug-likeness (QED) is 0.851. The summed E-state index contributed by atoms with van der Waals surface area (Å²) in [6.07, 6.45) is -1.03. The van der Waals surface area contributed by atoms with Crippen molar-refractivity contribution in [3.63, 3.8) is 0 Å². The van der Waals surface area contributed by atoms with Crippen LogP contribution in [0.1, 0.15) is 22.8 Å². The molecule has 2 aromatic rings. The van der Waals surface area contributed by atoms with Gasteiger partial charge in [0.05, 0.1) is 4.47 Å². The maximum Gasteiger partial charge on any atom is 0.143 e. The molecule has 0 aliphatic heterocycles. The lowest BCUT2D eigenvalue weighted by Crippen LogP contribution is -2.05. The second kappa shape index (κ2) is 5.39. The molecule has 1 unspecified atom stereocenters. The van der Waals surface area contributed by atoms with Gasteiger partial charge in [-0.3, -0.25) is 0 Å². The molecule has 0 saturated carbocycles. The summed E-state index contributed by atoms with van der Waals surface area (Å²) in [4.78, 5) is 0. The summed E-state index contributed by atoms with van der Waals surface area (Å²) in [5.74, 6) is -0.454. The minimum atomic E-state index is -1.03. The number of aliphatic hydroxyl groups is 1. The number of aliphatic hydroxyl groups excluding tert-OH is 1. The Morgan fingerprint density at radius 2 is 1.78 bits per heavy atom. The molecule has 0 fully saturated rings. The lowest BCUT2D eigenvalue weighted by atomic mass is 9.97. The fourth-order valence-corrected chi connectivity index (χ4v) is 2.38. The van der Waals surface area contributed by atoms with E-state index in [1.165, 1.54) is 0 Å². The lowest BCUT2D eigenvalue weighted by Gasteiger charge is -2.16. The molecule has 0 saturated heterocycles. The normalized spacial score (nSPS) is 12.5. The average molecular weight is 330 g/mol. The highest BCUT2D eigenvalue weighted by Gasteiger charge is 2.18. The van der Waals surface area contributed by atoms with Crippen LogP contribution in [0.2, 0.25) is 5.02 Å². The smallest absolute Gasteiger partial charge is 0.143 e. The average Bonchev–Trinajstić information content (AvgIpc) is 2.35. The molecule has 0 bridgehead atoms. The zero-order chi connectivity index (χ0) is 13.3. The Kier molecular flexibility index (Phi) is 4.05. The van der Waals surface area contributed by atoms with Crippen LogP contribution in [0.3, 0.4) is 0 Å². The molecule has 0 aliphatic carbocycles. The molecule has 94 valence electrons. The van der Waals surface area contributed by atoms with Crippen LogP contribution >= 0.6 is 27.5 Å². The summed E-state index contributed by atoms with van der Waals surface area (Å²) < 4.78 is 14.3. The number of hydrogen-bond donors (Lipinski definition) is 1. The van der Waals surface area contributed by atoms with Crippen LogP contribution in [0.4, 0.5) is 4.39 Å². The van der Waals surface area contributed by atoms with Gasteiger partial charge in [-0.15, -0.1) is 0 Å². The number of hydrogen-bond acceptors (Lipinski definition) is 1. The first-order chi connectivity index (χ1) is 8.52. The van der Waals surface area contributed by atoms with E-state index in [1.807, 2.05) is 0 Å². The summed E-state index contributed by atoms with van der Waals surface area (Å²) in [5.41, 5.74) is 1.60. The van der Waals surface area contributed by atoms with E-state index in [0.29, 0.717) is 15.1 Å². The van der Waals surface area contributed by atoms with Crippen molar-refractivity contribution in [2.75, 3.05) is 0 Å². The Morgan fingerprint density at radius 3 is 2.50 bits per heavy atom. The Balaban J connectivity index is 2.51. The maximum atomic E-state index is 13.9. The SMILES string of the molecule is Cc1c(Cl)cccc1C(O)c1cccc(Br)c1F. The van der Waals surface area contributed by atoms with Crippen molar-refractivity contribution in [1.29, 1.82) is 0 Å². The molecule has 4 heteroatoms. The van der Waals surface area contributed by atoms with Gasteiger partial charge in [0, 0.05) is 10.6 Å². The Morgan fingerprint density at radius 1 is 1.17 bits per heavy atom. The van der Waals surface area contributed by atoms with Gasteiger partial charge < -0.3 is 5.11 Å². The highest BCUT2D eigenvalue weighted by atomic mass is 79.9. The van der Waals surface area contributed by atoms with Gasteiger partial charge in [0.1, 0.15) is 11.9 Å². The predicted molar refractivity (Wildman–Crippen MR) is 74.4 cm³/mol. The molecule has 0 amide bonds. The highest BCUT2D eigenvalue weighted by molar-refractivity contribution is 9.10. The van der Waals surface area contributed by atoms with Gasteiger partial charge in [0.2, 0.25) is 0 Å². The van der Waals surface area contributed by atoms with E-state index in [2.05, 4.69) is 15.9 Å². The Bertz CT molecular complexity index is 535. The molecule has 18 heavy (non-hydrogen) atoms. The van der Waals surface area contributed by atoms with Gasteiger partial charge in [-0.2, -0.15) is 0 Å². The molecular weight excluding hydrogens is 319 g/mol. The van der Waals surface area contributed by atoms with Crippen molar-refractivity contribution in [3.8, 4) is 0 Å². The summed E-state index contributed by atoms with van der Waals surface area (Å²) in [5, 5.41) is 10.8. The fourth-order valence-electron chi connectivity index (χ4n) is 1.82. The third-order valence-corrected chi connectivity index (χ3v) is 3.90. The van der Waals surface area contributed by atoms with E-state index >= 15 is 0 Å². The number of benzene rings is 2. The third-order valence-electron chi connectivity index (χ3n) is 2.88. The molecule has 0 radical (unpaired) electrons. The van der Waals surface area contributed by atoms with Gasteiger partial charge in [-0.05, 0) is 46.1 Å². The first-order valence-corrected chi connectivity index (χ1v) is 6.56. The van der Waals surface area contributed by atoms with E-state index in [1.54, 1.807) is 43.3 Å². The number of rotatable bonds is 2. The van der Waals surface area contributed by atoms with Crippen LogP contribution in [0.5, 0.6) is 0 Å². The lowest BCUT2D eigenvalue weighted by molar-refractivity contribution is 0.214. The van der Waals surface area contributed by atoms with Gasteiger partial charge in [-0.25, -0.2) is 4.39 Å². The van der Waals surface area contributed by atoms with Gasteiger partial charge >= 0.3 is 0 Å². The van der Waals surface area contributed by atoms with Crippen molar-refractivity contribution in [3.05, 3.63) is 68.4 Å². The fraction of sp³-hybridized carbons (Fsp3) is 0.143. The first kappa shape index (κ1) is 13.5. The van der Waals surface area contributed by atoms with E-state index < -0.39 is 11.9 Å². The van der Waals surface area contributed by atoms with E-state index in [9.17, 15) is 9.50 Å². The van der Waals surface area contributed by atoms with Crippen molar-refractivity contribution in [2.45, 2.75) is 13.0 Å². The molecule has 0 aliphatic rings. The molecule has 1 nitrogen and oxygen atoms in total. The topological polar surface area (TPSA) is 20.2 Å². The number of halogens is 3. The molecule has 1 N–H and O–H groups in total. The predicted octanol–water partition coefficient (Wildman–Crippen LogP) is 4.63. The molecule has 2 rings (SSSR count). The minimum absolute atomic E-state index is 0.231. The van der Waals surface area contributed by atoms with Crippen LogP contribution in [-0.2, 0) is 0 Å². The highest BCUT2D eigenvalue weighted by Crippen LogP contribution is 2.31. The zero-order valence-corrected chi connectivity index (χ0v) is 12.0. The molecule has 0 aromatic heterocycles. The monoisotopic (exact) mass is 328 g/mol. The van der Waals surface area contributed by atoms with Gasteiger partial charge in [-0.1, -0.05) is 35.9 Å². The van der Waals surface area contributed by atoms with Gasteiger partial charge in [0.15, 0.2) is 0 Å². The standard InChI is InChI=1S/C14H11BrClFO/c1-8-9(4-3-7-12(8)16)14(18)10-5-2-6-11(15)13(10)17/h2-7,14,18H,1H3. The van der Waals surface area contributed by atoms with Crippen molar-refractivity contribution >= 4 is 27.5 Å². The van der Waals surface area contributed by atoms with E-state index in [-0.39, 0.29) is 5.56 Å². The Labute approximate surface area is 118 Å². The maximum absolute atomic E-state index is 13.9. The summed E-state index contributed by atoms with van der Waals surface area (Å²) in [6, 6.07) is 10.1. The van der Waals surface area contributed by atoms with Crippen LogP contribution < -0.4 is 0 Å². The molecule has 2 aromatic carbocycles.